The Labute approximate surface area is 814 Å². The Kier molecular flexibility index (Phi) is 42.4. The Balaban J connectivity index is 0.000000167. The quantitative estimate of drug-likeness (QED) is 0.105. The first-order chi connectivity index (χ1) is 61.8. The summed E-state index contributed by atoms with van der Waals surface area (Å²) in [6, 6.07) is 164. The van der Waals surface area contributed by atoms with E-state index in [0.717, 1.165) is 108 Å². The van der Waals surface area contributed by atoms with Crippen LogP contribution in [0.15, 0.2) is 462 Å². The van der Waals surface area contributed by atoms with Crippen LogP contribution in [0, 0.1) is 69.3 Å². The van der Waals surface area contributed by atoms with E-state index in [0.29, 0.717) is 0 Å². The van der Waals surface area contributed by atoms with Crippen molar-refractivity contribution in [2.45, 2.75) is 34.1 Å². The molecule has 0 unspecified atom stereocenters. The Morgan fingerprint density at radius 3 is 0.744 bits per heavy atom. The van der Waals surface area contributed by atoms with Gasteiger partial charge < -0.3 is 39.9 Å². The minimum Gasteiger partial charge on any atom is -0.305 e. The van der Waals surface area contributed by atoms with Crippen LogP contribution in [-0.4, -0.2) is 39.9 Å². The molecular weight excluding hydrogens is 2290 g/mol. The molecule has 0 fully saturated rings. The van der Waals surface area contributed by atoms with E-state index < -0.39 is 0 Å². The Bertz CT molecular complexity index is 5980. The van der Waals surface area contributed by atoms with Gasteiger partial charge >= 0.3 is 0 Å². The van der Waals surface area contributed by atoms with Crippen molar-refractivity contribution in [2.24, 2.45) is 0 Å². The summed E-state index contributed by atoms with van der Waals surface area (Å²) in [7, 11) is 0. The van der Waals surface area contributed by atoms with Crippen LogP contribution in [0.1, 0.15) is 29.3 Å². The molecule has 12 aromatic carbocycles. The fraction of sp³-hybridized carbons (Fsp3) is 0.0427. The monoisotopic (exact) mass is 2380 g/mol. The molecule has 12 heteroatoms. The summed E-state index contributed by atoms with van der Waals surface area (Å²) in [6.07, 6.45) is 14.1. The molecule has 0 aliphatic heterocycles. The number of rotatable bonds is 13. The number of nitrogens with zero attached hydrogens (tertiary/aromatic N) is 8. The molecule has 0 saturated heterocycles. The van der Waals surface area contributed by atoms with Crippen molar-refractivity contribution in [1.82, 2.24) is 39.9 Å². The second-order valence-electron chi connectivity index (χ2n) is 28.3. The van der Waals surface area contributed by atoms with Crippen LogP contribution < -0.4 is 0 Å². The van der Waals surface area contributed by atoms with Crippen molar-refractivity contribution in [1.29, 1.82) is 0 Å². The van der Waals surface area contributed by atoms with E-state index in [1.807, 2.05) is 365 Å². The summed E-state index contributed by atoms with van der Waals surface area (Å²) in [5.41, 5.74) is 30.4. The van der Waals surface area contributed by atoms with Gasteiger partial charge in [-0.2, -0.15) is 0 Å². The number of aryl methyl sites for hydroxylation is 4. The maximum Gasteiger partial charge on any atom is 0.0266 e. The third kappa shape index (κ3) is 31.2. The summed E-state index contributed by atoms with van der Waals surface area (Å²) in [5, 5.41) is 0. The third-order valence-electron chi connectivity index (χ3n) is 19.5. The van der Waals surface area contributed by atoms with Crippen molar-refractivity contribution >= 4 is 0 Å². The first kappa shape index (κ1) is 99.2. The molecule has 20 rings (SSSR count). The summed E-state index contributed by atoms with van der Waals surface area (Å²) < 4.78 is 0. The molecule has 20 aromatic rings. The third-order valence-corrected chi connectivity index (χ3v) is 19.5. The summed E-state index contributed by atoms with van der Waals surface area (Å²) in [5.74, 6) is 0. The van der Waals surface area contributed by atoms with Gasteiger partial charge in [-0.1, -0.05) is 207 Å². The van der Waals surface area contributed by atoms with Crippen LogP contribution in [0.25, 0.3) is 135 Å². The standard InChI is InChI=1S/C19H16N.2C18H14N.C17H12N.C12H10N.3C11H8N.4Ir/c1-2-15-13-19(17-11-7-4-8-12-17)20-14-18(15)16-9-5-3-6-10-16;2*1-14-12-18(16-10-6-3-7-11-16)19-13-17(14)15-8-4-2-5-9-15;1-3-7-14(8-4-1)16-11-12-17(18-13-16)15-9-5-2-6-10-15;1-10-6-5-9-12(13-10)11-7-3-2-4-8-11;3*1-2-6-10(7-3-1)11-8-4-5-9-12-11;;;;/h3-11,13-14H,2H2,1H3;2*2-10,12-13H,1H3;1-9,11-13H;2-7,9H,1H3;3*1-6,8-9H;;;;/q8*-1;;;;. The fourth-order valence-corrected chi connectivity index (χ4v) is 13.1. The van der Waals surface area contributed by atoms with Crippen molar-refractivity contribution < 1.29 is 80.4 Å². The zero-order chi connectivity index (χ0) is 85.9. The summed E-state index contributed by atoms with van der Waals surface area (Å²) in [6.45, 7) is 8.42. The number of aromatic nitrogens is 8. The van der Waals surface area contributed by atoms with Crippen LogP contribution in [0.5, 0.6) is 0 Å². The van der Waals surface area contributed by atoms with Gasteiger partial charge in [-0.25, -0.2) is 0 Å². The van der Waals surface area contributed by atoms with Crippen LogP contribution >= 0.6 is 0 Å². The van der Waals surface area contributed by atoms with Crippen molar-refractivity contribution in [3.63, 3.8) is 0 Å². The summed E-state index contributed by atoms with van der Waals surface area (Å²) in [4.78, 5) is 35.3. The zero-order valence-corrected chi connectivity index (χ0v) is 81.1. The van der Waals surface area contributed by atoms with Gasteiger partial charge in [0.15, 0.2) is 0 Å². The van der Waals surface area contributed by atoms with E-state index in [2.05, 4.69) is 194 Å². The van der Waals surface area contributed by atoms with Gasteiger partial charge in [-0.05, 0) is 142 Å². The Hall–Kier alpha value is -13.6. The van der Waals surface area contributed by atoms with E-state index >= 15 is 0 Å². The van der Waals surface area contributed by atoms with Gasteiger partial charge in [0.05, 0.1) is 0 Å². The van der Waals surface area contributed by atoms with E-state index in [1.165, 1.54) is 55.6 Å². The second-order valence-corrected chi connectivity index (χ2v) is 28.3. The Morgan fingerprint density at radius 2 is 0.465 bits per heavy atom. The minimum atomic E-state index is 0. The molecule has 4 radical (unpaired) electrons. The molecule has 0 aliphatic rings. The van der Waals surface area contributed by atoms with Gasteiger partial charge in [0.25, 0.3) is 0 Å². The van der Waals surface area contributed by atoms with Gasteiger partial charge in [0.2, 0.25) is 0 Å². The van der Waals surface area contributed by atoms with Crippen LogP contribution in [0.2, 0.25) is 0 Å². The van der Waals surface area contributed by atoms with Crippen molar-refractivity contribution in [2.75, 3.05) is 0 Å². The first-order valence-electron chi connectivity index (χ1n) is 41.3. The van der Waals surface area contributed by atoms with Crippen molar-refractivity contribution in [3.8, 4) is 135 Å². The van der Waals surface area contributed by atoms with Gasteiger partial charge in [0, 0.05) is 146 Å². The summed E-state index contributed by atoms with van der Waals surface area (Å²) >= 11 is 0. The van der Waals surface area contributed by atoms with Crippen molar-refractivity contribution in [3.05, 3.63) is 533 Å². The topological polar surface area (TPSA) is 103 Å². The number of pyridine rings is 8. The molecule has 8 nitrogen and oxygen atoms in total. The molecular formula is C117H90Ir4N8-8. The predicted octanol–water partition coefficient (Wildman–Crippen LogP) is 28.5. The molecule has 0 aliphatic carbocycles. The molecule has 129 heavy (non-hydrogen) atoms. The van der Waals surface area contributed by atoms with E-state index in [1.54, 1.807) is 18.6 Å². The maximum absolute atomic E-state index is 4.60. The molecule has 8 aromatic heterocycles. The molecule has 0 spiro atoms. The minimum absolute atomic E-state index is 0. The maximum atomic E-state index is 4.60. The molecule has 0 N–H and O–H groups in total. The van der Waals surface area contributed by atoms with Crippen LogP contribution in [-0.2, 0) is 86.8 Å². The first-order valence-corrected chi connectivity index (χ1v) is 41.3. The predicted molar refractivity (Wildman–Crippen MR) is 513 cm³/mol. The van der Waals surface area contributed by atoms with E-state index in [9.17, 15) is 0 Å². The average Bonchev–Trinajstić information content (AvgIpc) is 0.822. The molecule has 642 valence electrons. The van der Waals surface area contributed by atoms with E-state index in [4.69, 9.17) is 0 Å². The van der Waals surface area contributed by atoms with E-state index in [-0.39, 0.29) is 80.4 Å². The second kappa shape index (κ2) is 55.1. The number of benzene rings is 12. The molecule has 0 amide bonds. The molecule has 0 bridgehead atoms. The van der Waals surface area contributed by atoms with Crippen LogP contribution in [0.3, 0.4) is 0 Å². The van der Waals surface area contributed by atoms with Gasteiger partial charge in [0.1, 0.15) is 0 Å². The zero-order valence-electron chi connectivity index (χ0n) is 71.5. The largest absolute Gasteiger partial charge is 0.305 e. The van der Waals surface area contributed by atoms with Crippen LogP contribution in [0.4, 0.5) is 0 Å². The number of hydrogen-bond donors (Lipinski definition) is 0. The SMILES string of the molecule is CCc1cc(-c2[c-]cccc2)ncc1-c1ccccc1.Cc1cc(-c2[c-]cccc2)ncc1-c1ccccc1.Cc1cc(-c2[c-]cccc2)ncc1-c1ccccc1.Cc1cccc(-c2[c-]cccc2)n1.[Ir].[Ir].[Ir].[Ir].[c-]1ccccc1-c1ccc(-c2ccccc2)cn1.[c-]1ccccc1-c1ccccn1.[c-]1ccccc1-c1ccccn1.[c-]1ccccc1-c1ccccn1. The average molecular weight is 2380 g/mol. The van der Waals surface area contributed by atoms with Gasteiger partial charge in [-0.3, -0.25) is 0 Å². The van der Waals surface area contributed by atoms with Gasteiger partial charge in [-0.15, -0.1) is 287 Å². The molecule has 0 atom stereocenters. The smallest absolute Gasteiger partial charge is 0.0266 e. The Morgan fingerprint density at radius 1 is 0.202 bits per heavy atom. The molecule has 0 saturated carbocycles. The molecule has 8 heterocycles. The number of hydrogen-bond acceptors (Lipinski definition) is 8. The normalized spacial score (nSPS) is 9.80. The fourth-order valence-electron chi connectivity index (χ4n) is 13.1.